The fourth-order valence-corrected chi connectivity index (χ4v) is 3.37. The first kappa shape index (κ1) is 14.9. The van der Waals surface area contributed by atoms with E-state index in [0.717, 1.165) is 41.4 Å². The van der Waals surface area contributed by atoms with Crippen molar-refractivity contribution < 1.29 is 4.79 Å². The quantitative estimate of drug-likeness (QED) is 0.694. The zero-order chi connectivity index (χ0) is 16.5. The minimum Gasteiger partial charge on any atom is -0.349 e. The first-order chi connectivity index (χ1) is 11.7. The second-order valence-electron chi connectivity index (χ2n) is 6.46. The SMILES string of the molecule is N[C@@H]1CC[C@H](NC(=O)c2cccc(-c3ccc4nc[nH]c4c3)c2)C1. The molecule has 1 heterocycles. The molecule has 4 N–H and O–H groups in total. The summed E-state index contributed by atoms with van der Waals surface area (Å²) in [6.45, 7) is 0. The highest BCUT2D eigenvalue weighted by Crippen LogP contribution is 2.24. The molecule has 0 unspecified atom stereocenters. The van der Waals surface area contributed by atoms with Gasteiger partial charge in [-0.15, -0.1) is 0 Å². The summed E-state index contributed by atoms with van der Waals surface area (Å²) in [5.41, 5.74) is 10.6. The van der Waals surface area contributed by atoms with Gasteiger partial charge in [-0.2, -0.15) is 0 Å². The van der Waals surface area contributed by atoms with Crippen LogP contribution in [0.4, 0.5) is 0 Å². The van der Waals surface area contributed by atoms with Gasteiger partial charge in [0.05, 0.1) is 17.4 Å². The molecule has 122 valence electrons. The second-order valence-corrected chi connectivity index (χ2v) is 6.46. The number of hydrogen-bond acceptors (Lipinski definition) is 3. The van der Waals surface area contributed by atoms with Gasteiger partial charge in [-0.1, -0.05) is 18.2 Å². The third-order valence-corrected chi connectivity index (χ3v) is 4.69. The Balaban J connectivity index is 1.57. The van der Waals surface area contributed by atoms with Crippen molar-refractivity contribution in [3.8, 4) is 11.1 Å². The third kappa shape index (κ3) is 2.90. The molecule has 1 aromatic heterocycles. The molecule has 1 fully saturated rings. The van der Waals surface area contributed by atoms with E-state index < -0.39 is 0 Å². The molecule has 2 aromatic carbocycles. The predicted molar refractivity (Wildman–Crippen MR) is 94.6 cm³/mol. The van der Waals surface area contributed by atoms with Crippen LogP contribution in [-0.2, 0) is 0 Å². The summed E-state index contributed by atoms with van der Waals surface area (Å²) < 4.78 is 0. The van der Waals surface area contributed by atoms with E-state index in [1.165, 1.54) is 0 Å². The number of imidazole rings is 1. The number of nitrogens with zero attached hydrogens (tertiary/aromatic N) is 1. The zero-order valence-electron chi connectivity index (χ0n) is 13.3. The number of aromatic nitrogens is 2. The Morgan fingerprint density at radius 3 is 2.88 bits per heavy atom. The number of amides is 1. The molecule has 4 rings (SSSR count). The molecule has 5 heteroatoms. The Bertz CT molecular complexity index is 886. The van der Waals surface area contributed by atoms with Crippen molar-refractivity contribution in [1.82, 2.24) is 15.3 Å². The van der Waals surface area contributed by atoms with Crippen LogP contribution in [0.2, 0.25) is 0 Å². The molecule has 1 amide bonds. The molecule has 24 heavy (non-hydrogen) atoms. The van der Waals surface area contributed by atoms with Crippen molar-refractivity contribution in [2.75, 3.05) is 0 Å². The van der Waals surface area contributed by atoms with Crippen molar-refractivity contribution >= 4 is 16.9 Å². The Labute approximate surface area is 140 Å². The smallest absolute Gasteiger partial charge is 0.251 e. The van der Waals surface area contributed by atoms with Gasteiger partial charge in [-0.25, -0.2) is 4.98 Å². The number of nitrogens with one attached hydrogen (secondary N) is 2. The highest BCUT2D eigenvalue weighted by molar-refractivity contribution is 5.96. The maximum atomic E-state index is 12.5. The number of carbonyl (C=O) groups is 1. The molecule has 0 bridgehead atoms. The van der Waals surface area contributed by atoms with Crippen molar-refractivity contribution in [3.63, 3.8) is 0 Å². The van der Waals surface area contributed by atoms with Crippen LogP contribution >= 0.6 is 0 Å². The molecule has 0 aliphatic heterocycles. The number of hydrogen-bond donors (Lipinski definition) is 3. The largest absolute Gasteiger partial charge is 0.349 e. The summed E-state index contributed by atoms with van der Waals surface area (Å²) >= 11 is 0. The van der Waals surface area contributed by atoms with E-state index in [1.807, 2.05) is 36.4 Å². The van der Waals surface area contributed by atoms with Crippen LogP contribution in [0.15, 0.2) is 48.8 Å². The van der Waals surface area contributed by atoms with E-state index in [2.05, 4.69) is 21.4 Å². The van der Waals surface area contributed by atoms with Crippen LogP contribution in [0.3, 0.4) is 0 Å². The minimum absolute atomic E-state index is 0.0291. The Kier molecular flexibility index (Phi) is 3.78. The molecule has 1 aliphatic rings. The van der Waals surface area contributed by atoms with Gasteiger partial charge in [0, 0.05) is 17.6 Å². The lowest BCUT2D eigenvalue weighted by molar-refractivity contribution is 0.0937. The van der Waals surface area contributed by atoms with Crippen LogP contribution in [0.25, 0.3) is 22.2 Å². The summed E-state index contributed by atoms with van der Waals surface area (Å²) in [5.74, 6) is -0.0291. The zero-order valence-corrected chi connectivity index (χ0v) is 13.3. The van der Waals surface area contributed by atoms with Crippen LogP contribution < -0.4 is 11.1 Å². The average Bonchev–Trinajstić information content (AvgIpc) is 3.23. The van der Waals surface area contributed by atoms with Gasteiger partial charge < -0.3 is 16.0 Å². The fraction of sp³-hybridized carbons (Fsp3) is 0.263. The van der Waals surface area contributed by atoms with E-state index in [0.29, 0.717) is 5.56 Å². The molecule has 1 aliphatic carbocycles. The third-order valence-electron chi connectivity index (χ3n) is 4.69. The first-order valence-electron chi connectivity index (χ1n) is 8.29. The monoisotopic (exact) mass is 320 g/mol. The normalized spacial score (nSPS) is 20.4. The van der Waals surface area contributed by atoms with Gasteiger partial charge in [0.1, 0.15) is 0 Å². The average molecular weight is 320 g/mol. The van der Waals surface area contributed by atoms with E-state index in [9.17, 15) is 4.79 Å². The molecule has 0 radical (unpaired) electrons. The number of carbonyl (C=O) groups excluding carboxylic acids is 1. The van der Waals surface area contributed by atoms with Crippen LogP contribution in [0.1, 0.15) is 29.6 Å². The van der Waals surface area contributed by atoms with Crippen molar-refractivity contribution in [3.05, 3.63) is 54.4 Å². The van der Waals surface area contributed by atoms with Crippen LogP contribution in [0, 0.1) is 0 Å². The highest BCUT2D eigenvalue weighted by Gasteiger charge is 2.23. The molecule has 3 aromatic rings. The van der Waals surface area contributed by atoms with Crippen molar-refractivity contribution in [1.29, 1.82) is 0 Å². The summed E-state index contributed by atoms with van der Waals surface area (Å²) in [6.07, 6.45) is 4.49. The van der Waals surface area contributed by atoms with E-state index >= 15 is 0 Å². The number of benzene rings is 2. The van der Waals surface area contributed by atoms with Gasteiger partial charge in [-0.05, 0) is 54.7 Å². The first-order valence-corrected chi connectivity index (χ1v) is 8.29. The Hall–Kier alpha value is -2.66. The number of nitrogens with two attached hydrogens (primary N) is 1. The van der Waals surface area contributed by atoms with E-state index in [-0.39, 0.29) is 18.0 Å². The molecule has 2 atom stereocenters. The topological polar surface area (TPSA) is 83.8 Å². The van der Waals surface area contributed by atoms with Crippen LogP contribution in [-0.4, -0.2) is 28.0 Å². The lowest BCUT2D eigenvalue weighted by atomic mass is 10.0. The Morgan fingerprint density at radius 2 is 2.04 bits per heavy atom. The standard InChI is InChI=1S/C19H20N4O/c20-15-5-6-16(10-15)23-19(24)14-3-1-2-12(8-14)13-4-7-17-18(9-13)22-11-21-17/h1-4,7-9,11,15-16H,5-6,10,20H2,(H,21,22)(H,23,24)/t15-,16+/m1/s1. The summed E-state index contributed by atoms with van der Waals surface area (Å²) in [5, 5.41) is 3.09. The lowest BCUT2D eigenvalue weighted by Crippen LogP contribution is -2.34. The second kappa shape index (κ2) is 6.09. The molecular weight excluding hydrogens is 300 g/mol. The van der Waals surface area contributed by atoms with Crippen molar-refractivity contribution in [2.24, 2.45) is 5.73 Å². The maximum absolute atomic E-state index is 12.5. The summed E-state index contributed by atoms with van der Waals surface area (Å²) in [6, 6.07) is 14.2. The van der Waals surface area contributed by atoms with Gasteiger partial charge in [0.15, 0.2) is 0 Å². The van der Waals surface area contributed by atoms with Crippen molar-refractivity contribution in [2.45, 2.75) is 31.3 Å². The number of aromatic amines is 1. The molecule has 0 saturated heterocycles. The molecule has 1 saturated carbocycles. The predicted octanol–water partition coefficient (Wildman–Crippen LogP) is 2.84. The number of H-pyrrole nitrogens is 1. The summed E-state index contributed by atoms with van der Waals surface area (Å²) in [7, 11) is 0. The highest BCUT2D eigenvalue weighted by atomic mass is 16.1. The van der Waals surface area contributed by atoms with E-state index in [4.69, 9.17) is 5.73 Å². The maximum Gasteiger partial charge on any atom is 0.251 e. The van der Waals surface area contributed by atoms with Gasteiger partial charge >= 0.3 is 0 Å². The molecule has 0 spiro atoms. The van der Waals surface area contributed by atoms with Gasteiger partial charge in [-0.3, -0.25) is 4.79 Å². The van der Waals surface area contributed by atoms with E-state index in [1.54, 1.807) is 6.33 Å². The lowest BCUT2D eigenvalue weighted by Gasteiger charge is -2.13. The van der Waals surface area contributed by atoms with Gasteiger partial charge in [0.25, 0.3) is 5.91 Å². The van der Waals surface area contributed by atoms with Crippen LogP contribution in [0.5, 0.6) is 0 Å². The Morgan fingerprint density at radius 1 is 1.17 bits per heavy atom. The number of fused-ring (bicyclic) bond motifs is 1. The molecule has 5 nitrogen and oxygen atoms in total. The minimum atomic E-state index is -0.0291. The van der Waals surface area contributed by atoms with Gasteiger partial charge in [0.2, 0.25) is 0 Å². The summed E-state index contributed by atoms with van der Waals surface area (Å²) in [4.78, 5) is 19.8. The molecular formula is C19H20N4O. The fourth-order valence-electron chi connectivity index (χ4n) is 3.37. The number of rotatable bonds is 3.